The zero-order valence-electron chi connectivity index (χ0n) is 10.9. The molecular weight excluding hydrogens is 230 g/mol. The first kappa shape index (κ1) is 13.1. The fraction of sp³-hybridized carbons (Fsp3) is 0.692. The van der Waals surface area contributed by atoms with Gasteiger partial charge in [-0.1, -0.05) is 13.3 Å². The first-order valence-corrected chi connectivity index (χ1v) is 6.59. The molecular formula is C13H21N3O2. The highest BCUT2D eigenvalue weighted by atomic mass is 16.4. The molecule has 18 heavy (non-hydrogen) atoms. The molecule has 1 N–H and O–H groups in total. The van der Waals surface area contributed by atoms with Crippen molar-refractivity contribution < 1.29 is 9.90 Å². The zero-order valence-corrected chi connectivity index (χ0v) is 10.9. The first-order chi connectivity index (χ1) is 8.66. The van der Waals surface area contributed by atoms with Crippen LogP contribution in [-0.2, 0) is 11.3 Å². The van der Waals surface area contributed by atoms with Gasteiger partial charge in [0.25, 0.3) is 0 Å². The van der Waals surface area contributed by atoms with Crippen LogP contribution in [0.5, 0.6) is 0 Å². The highest BCUT2D eigenvalue weighted by Crippen LogP contribution is 2.35. The Bertz CT molecular complexity index is 391. The van der Waals surface area contributed by atoms with Gasteiger partial charge in [0.2, 0.25) is 0 Å². The van der Waals surface area contributed by atoms with Crippen molar-refractivity contribution in [3.63, 3.8) is 0 Å². The Morgan fingerprint density at radius 1 is 1.50 bits per heavy atom. The molecule has 100 valence electrons. The summed E-state index contributed by atoms with van der Waals surface area (Å²) in [6, 6.07) is 1.91. The maximum atomic E-state index is 11.4. The molecule has 1 atom stereocenters. The molecule has 0 radical (unpaired) electrons. The van der Waals surface area contributed by atoms with Gasteiger partial charge in [-0.2, -0.15) is 5.10 Å². The van der Waals surface area contributed by atoms with Crippen LogP contribution < -0.4 is 0 Å². The molecule has 1 saturated heterocycles. The van der Waals surface area contributed by atoms with E-state index in [4.69, 9.17) is 0 Å². The van der Waals surface area contributed by atoms with Gasteiger partial charge in [-0.25, -0.2) is 0 Å². The van der Waals surface area contributed by atoms with Gasteiger partial charge in [0.1, 0.15) is 0 Å². The summed E-state index contributed by atoms with van der Waals surface area (Å²) in [6.07, 6.45) is 6.18. The molecule has 5 nitrogen and oxygen atoms in total. The minimum absolute atomic E-state index is 0.515. The third kappa shape index (κ3) is 2.72. The van der Waals surface area contributed by atoms with Crippen molar-refractivity contribution in [1.82, 2.24) is 14.7 Å². The number of aliphatic carboxylic acids is 1. The number of carbonyl (C=O) groups is 1. The summed E-state index contributed by atoms with van der Waals surface area (Å²) in [7, 11) is 0. The monoisotopic (exact) mass is 251 g/mol. The van der Waals surface area contributed by atoms with Gasteiger partial charge in [-0.05, 0) is 25.5 Å². The summed E-state index contributed by atoms with van der Waals surface area (Å²) >= 11 is 0. The van der Waals surface area contributed by atoms with Crippen molar-refractivity contribution >= 4 is 5.97 Å². The minimum atomic E-state index is -0.633. The second-order valence-corrected chi connectivity index (χ2v) is 5.13. The molecule has 5 heteroatoms. The average Bonchev–Trinajstić information content (AvgIpc) is 2.96. The standard InChI is InChI=1S/C13H21N3O2/c1-2-4-13(12(17)18)5-8-15(11-13)9-10-16-7-3-6-14-16/h3,6-7H,2,4-5,8-11H2,1H3,(H,17,18). The molecule has 1 aliphatic rings. The van der Waals surface area contributed by atoms with E-state index in [1.807, 2.05) is 16.9 Å². The zero-order chi connectivity index (χ0) is 13.0. The first-order valence-electron chi connectivity index (χ1n) is 6.59. The Balaban J connectivity index is 1.88. The lowest BCUT2D eigenvalue weighted by molar-refractivity contribution is -0.148. The van der Waals surface area contributed by atoms with E-state index in [0.29, 0.717) is 6.54 Å². The number of aromatic nitrogens is 2. The Kier molecular flexibility index (Phi) is 4.01. The third-order valence-corrected chi connectivity index (χ3v) is 3.82. The van der Waals surface area contributed by atoms with Crippen LogP contribution in [0.4, 0.5) is 0 Å². The van der Waals surface area contributed by atoms with Crippen molar-refractivity contribution in [3.05, 3.63) is 18.5 Å². The summed E-state index contributed by atoms with van der Waals surface area (Å²) in [4.78, 5) is 13.7. The van der Waals surface area contributed by atoms with E-state index in [1.54, 1.807) is 6.20 Å². The summed E-state index contributed by atoms with van der Waals surface area (Å²) < 4.78 is 1.89. The molecule has 1 unspecified atom stereocenters. The van der Waals surface area contributed by atoms with Gasteiger partial charge in [0.15, 0.2) is 0 Å². The molecule has 0 amide bonds. The van der Waals surface area contributed by atoms with E-state index in [-0.39, 0.29) is 0 Å². The predicted molar refractivity (Wildman–Crippen MR) is 68.3 cm³/mol. The van der Waals surface area contributed by atoms with Gasteiger partial charge < -0.3 is 10.0 Å². The Hall–Kier alpha value is -1.36. The maximum absolute atomic E-state index is 11.4. The van der Waals surface area contributed by atoms with Gasteiger partial charge in [0, 0.05) is 25.5 Å². The van der Waals surface area contributed by atoms with Gasteiger partial charge in [0.05, 0.1) is 12.0 Å². The van der Waals surface area contributed by atoms with Crippen LogP contribution in [0.2, 0.25) is 0 Å². The Labute approximate surface area is 107 Å². The normalized spacial score (nSPS) is 24.5. The van der Waals surface area contributed by atoms with E-state index in [9.17, 15) is 9.90 Å². The van der Waals surface area contributed by atoms with Gasteiger partial charge in [-0.15, -0.1) is 0 Å². The predicted octanol–water partition coefficient (Wildman–Crippen LogP) is 1.46. The highest BCUT2D eigenvalue weighted by Gasteiger charge is 2.43. The molecule has 1 aromatic heterocycles. The van der Waals surface area contributed by atoms with Crippen LogP contribution in [-0.4, -0.2) is 45.4 Å². The molecule has 0 bridgehead atoms. The quantitative estimate of drug-likeness (QED) is 0.831. The fourth-order valence-corrected chi connectivity index (χ4v) is 2.79. The summed E-state index contributed by atoms with van der Waals surface area (Å²) in [5.74, 6) is -0.633. The number of carboxylic acid groups (broad SMARTS) is 1. The van der Waals surface area contributed by atoms with E-state index in [2.05, 4.69) is 16.9 Å². The van der Waals surface area contributed by atoms with Gasteiger partial charge in [-0.3, -0.25) is 9.48 Å². The van der Waals surface area contributed by atoms with E-state index in [0.717, 1.165) is 38.9 Å². The number of hydrogen-bond donors (Lipinski definition) is 1. The third-order valence-electron chi connectivity index (χ3n) is 3.82. The molecule has 0 spiro atoms. The summed E-state index contributed by atoms with van der Waals surface area (Å²) in [5, 5.41) is 13.6. The van der Waals surface area contributed by atoms with Crippen molar-refractivity contribution in [2.75, 3.05) is 19.6 Å². The highest BCUT2D eigenvalue weighted by molar-refractivity contribution is 5.75. The Morgan fingerprint density at radius 2 is 2.33 bits per heavy atom. The van der Waals surface area contributed by atoms with Crippen LogP contribution in [0.25, 0.3) is 0 Å². The van der Waals surface area contributed by atoms with Crippen LogP contribution in [0.3, 0.4) is 0 Å². The number of likely N-dealkylation sites (tertiary alicyclic amines) is 1. The molecule has 0 aliphatic carbocycles. The van der Waals surface area contributed by atoms with Crippen LogP contribution in [0.1, 0.15) is 26.2 Å². The van der Waals surface area contributed by atoms with E-state index < -0.39 is 11.4 Å². The van der Waals surface area contributed by atoms with Crippen molar-refractivity contribution in [2.24, 2.45) is 5.41 Å². The largest absolute Gasteiger partial charge is 0.481 e. The number of carboxylic acids is 1. The van der Waals surface area contributed by atoms with Gasteiger partial charge >= 0.3 is 5.97 Å². The molecule has 1 fully saturated rings. The number of nitrogens with zero attached hydrogens (tertiary/aromatic N) is 3. The summed E-state index contributed by atoms with van der Waals surface area (Å²) in [6.45, 7) is 5.32. The summed E-state index contributed by atoms with van der Waals surface area (Å²) in [5.41, 5.74) is -0.515. The van der Waals surface area contributed by atoms with Crippen LogP contribution >= 0.6 is 0 Å². The maximum Gasteiger partial charge on any atom is 0.310 e. The molecule has 0 aromatic carbocycles. The lowest BCUT2D eigenvalue weighted by atomic mass is 9.83. The van der Waals surface area contributed by atoms with Crippen LogP contribution in [0, 0.1) is 5.41 Å². The van der Waals surface area contributed by atoms with E-state index >= 15 is 0 Å². The van der Waals surface area contributed by atoms with Crippen LogP contribution in [0.15, 0.2) is 18.5 Å². The van der Waals surface area contributed by atoms with E-state index in [1.165, 1.54) is 0 Å². The minimum Gasteiger partial charge on any atom is -0.481 e. The second-order valence-electron chi connectivity index (χ2n) is 5.13. The second kappa shape index (κ2) is 5.52. The fourth-order valence-electron chi connectivity index (χ4n) is 2.79. The van der Waals surface area contributed by atoms with Crippen molar-refractivity contribution in [3.8, 4) is 0 Å². The van der Waals surface area contributed by atoms with Crippen molar-refractivity contribution in [2.45, 2.75) is 32.7 Å². The number of hydrogen-bond acceptors (Lipinski definition) is 3. The molecule has 2 rings (SSSR count). The lowest BCUT2D eigenvalue weighted by Gasteiger charge is -2.24. The van der Waals surface area contributed by atoms with Crippen molar-refractivity contribution in [1.29, 1.82) is 0 Å². The lowest BCUT2D eigenvalue weighted by Crippen LogP contribution is -2.35. The average molecular weight is 251 g/mol. The Morgan fingerprint density at radius 3 is 2.94 bits per heavy atom. The topological polar surface area (TPSA) is 58.4 Å². The number of rotatable bonds is 6. The molecule has 1 aromatic rings. The molecule has 1 aliphatic heterocycles. The molecule has 0 saturated carbocycles. The SMILES string of the molecule is CCCC1(C(=O)O)CCN(CCn2cccn2)C1. The molecule has 2 heterocycles. The smallest absolute Gasteiger partial charge is 0.310 e.